The molecule has 0 saturated carbocycles. The molecule has 2 aromatic carbocycles. The molecule has 4 aromatic rings. The van der Waals surface area contributed by atoms with Gasteiger partial charge < -0.3 is 20.1 Å². The molecule has 1 atom stereocenters. The number of nitrogen functional groups attached to an aromatic ring is 1. The summed E-state index contributed by atoms with van der Waals surface area (Å²) < 4.78 is 14.6. The van der Waals surface area contributed by atoms with E-state index in [0.717, 1.165) is 39.4 Å². The lowest BCUT2D eigenvalue weighted by atomic mass is 9.96. The number of anilines is 1. The summed E-state index contributed by atoms with van der Waals surface area (Å²) in [6.45, 7) is 10.1. The van der Waals surface area contributed by atoms with Gasteiger partial charge in [0.25, 0.3) is 5.91 Å². The Labute approximate surface area is 285 Å². The van der Waals surface area contributed by atoms with Gasteiger partial charge in [-0.15, -0.1) is 0 Å². The molecule has 0 spiro atoms. The Balaban J connectivity index is 1.12. The predicted octanol–water partition coefficient (Wildman–Crippen LogP) is 3.97. The third kappa shape index (κ3) is 6.45. The summed E-state index contributed by atoms with van der Waals surface area (Å²) in [4.78, 5) is 39.0. The Kier molecular flexibility index (Phi) is 8.98. The number of carbonyl (C=O) groups excluding carboxylic acids is 1. The zero-order chi connectivity index (χ0) is 34.1. The molecule has 0 bridgehead atoms. The maximum absolute atomic E-state index is 14.3. The Bertz CT molecular complexity index is 1950. The number of aromatic nitrogens is 3. The van der Waals surface area contributed by atoms with Crippen LogP contribution in [0, 0.1) is 11.3 Å². The van der Waals surface area contributed by atoms with Gasteiger partial charge in [-0.2, -0.15) is 5.26 Å². The van der Waals surface area contributed by atoms with Gasteiger partial charge >= 0.3 is 5.69 Å². The molecule has 254 valence electrons. The van der Waals surface area contributed by atoms with Crippen molar-refractivity contribution in [3.05, 3.63) is 89.0 Å². The second-order valence-electron chi connectivity index (χ2n) is 13.5. The number of hydrogen-bond acceptors (Lipinski definition) is 9. The third-order valence-corrected chi connectivity index (χ3v) is 10.0. The van der Waals surface area contributed by atoms with Crippen molar-refractivity contribution in [3.8, 4) is 23.3 Å². The van der Waals surface area contributed by atoms with Gasteiger partial charge in [0.1, 0.15) is 34.5 Å². The number of para-hydroxylation sites is 1. The SMILES string of the molecule is CC(C)(/C=C(\C#N)C(=O)N1CCC[C@@H](n2c(=O)n(-c3ccc(Oc4ccccc4)cc3)c3c(N)nccc32)C1)N1CCN(C2COC2)CC1. The largest absolute Gasteiger partial charge is 0.457 e. The smallest absolute Gasteiger partial charge is 0.334 e. The molecule has 49 heavy (non-hydrogen) atoms. The van der Waals surface area contributed by atoms with Crippen LogP contribution in [0.1, 0.15) is 32.7 Å². The molecule has 3 saturated heterocycles. The molecule has 12 heteroatoms. The Morgan fingerprint density at radius 2 is 1.71 bits per heavy atom. The van der Waals surface area contributed by atoms with Crippen molar-refractivity contribution in [1.29, 1.82) is 5.26 Å². The normalized spacial score (nSPS) is 19.8. The number of imidazole rings is 1. The second-order valence-corrected chi connectivity index (χ2v) is 13.5. The van der Waals surface area contributed by atoms with Gasteiger partial charge in [0, 0.05) is 51.0 Å². The van der Waals surface area contributed by atoms with Crippen molar-refractivity contribution >= 4 is 22.8 Å². The van der Waals surface area contributed by atoms with E-state index in [1.807, 2.05) is 60.7 Å². The number of benzene rings is 2. The molecule has 2 aromatic heterocycles. The number of piperidine rings is 1. The van der Waals surface area contributed by atoms with Crippen molar-refractivity contribution in [1.82, 2.24) is 28.8 Å². The molecule has 5 heterocycles. The van der Waals surface area contributed by atoms with Gasteiger partial charge in [0.15, 0.2) is 0 Å². The Morgan fingerprint density at radius 1 is 1.00 bits per heavy atom. The van der Waals surface area contributed by atoms with Crippen LogP contribution in [-0.2, 0) is 9.53 Å². The lowest BCUT2D eigenvalue weighted by Crippen LogP contribution is -2.59. The average molecular weight is 663 g/mol. The zero-order valence-electron chi connectivity index (χ0n) is 28.0. The van der Waals surface area contributed by atoms with Crippen LogP contribution in [0.4, 0.5) is 5.82 Å². The fourth-order valence-corrected chi connectivity index (χ4v) is 7.27. The number of nitriles is 1. The van der Waals surface area contributed by atoms with E-state index in [2.05, 4.69) is 34.7 Å². The fourth-order valence-electron chi connectivity index (χ4n) is 7.27. The quantitative estimate of drug-likeness (QED) is 0.220. The van der Waals surface area contributed by atoms with Crippen LogP contribution in [0.2, 0.25) is 0 Å². The van der Waals surface area contributed by atoms with Gasteiger partial charge in [0.05, 0.1) is 36.5 Å². The molecule has 7 rings (SSSR count). The average Bonchev–Trinajstić information content (AvgIpc) is 3.40. The predicted molar refractivity (Wildman–Crippen MR) is 187 cm³/mol. The highest BCUT2D eigenvalue weighted by Crippen LogP contribution is 2.31. The summed E-state index contributed by atoms with van der Waals surface area (Å²) in [5, 5.41) is 10.2. The number of nitrogens with zero attached hydrogens (tertiary/aromatic N) is 7. The first kappa shape index (κ1) is 32.6. The molecule has 3 aliphatic heterocycles. The Hall–Kier alpha value is -4.96. The number of rotatable bonds is 8. The molecule has 3 aliphatic rings. The minimum Gasteiger partial charge on any atom is -0.457 e. The topological polar surface area (TPSA) is 135 Å². The van der Waals surface area contributed by atoms with Crippen molar-refractivity contribution in [2.75, 3.05) is 58.2 Å². The van der Waals surface area contributed by atoms with Crippen molar-refractivity contribution in [2.45, 2.75) is 44.3 Å². The number of nitrogens with two attached hydrogens (primary N) is 1. The van der Waals surface area contributed by atoms with Crippen LogP contribution in [0.5, 0.6) is 11.5 Å². The number of ether oxygens (including phenoxy) is 2. The molecule has 0 unspecified atom stereocenters. The number of carbonyl (C=O) groups is 1. The fraction of sp³-hybridized carbons (Fsp3) is 0.405. The van der Waals surface area contributed by atoms with Crippen molar-refractivity contribution < 1.29 is 14.3 Å². The lowest BCUT2D eigenvalue weighted by molar-refractivity contribution is -0.128. The number of piperazine rings is 1. The third-order valence-electron chi connectivity index (χ3n) is 10.0. The van der Waals surface area contributed by atoms with E-state index in [9.17, 15) is 14.9 Å². The molecule has 1 amide bonds. The summed E-state index contributed by atoms with van der Waals surface area (Å²) in [5.41, 5.74) is 7.55. The van der Waals surface area contributed by atoms with Crippen LogP contribution in [0.25, 0.3) is 16.7 Å². The number of amides is 1. The number of fused-ring (bicyclic) bond motifs is 1. The van der Waals surface area contributed by atoms with Gasteiger partial charge in [-0.1, -0.05) is 18.2 Å². The van der Waals surface area contributed by atoms with Crippen LogP contribution in [-0.4, -0.2) is 98.8 Å². The highest BCUT2D eigenvalue weighted by Gasteiger charge is 2.35. The summed E-state index contributed by atoms with van der Waals surface area (Å²) >= 11 is 0. The van der Waals surface area contributed by atoms with E-state index in [1.165, 1.54) is 0 Å². The standard InChI is InChI=1S/C37H42N8O4/c1-37(2,43-19-17-41(18-20-43)29-24-48-25-29)21-26(22-38)35(46)42-16-6-7-28(23-42)44-32-14-15-40-34(39)33(32)45(36(44)47)27-10-12-31(13-11-27)49-30-8-4-3-5-9-30/h3-5,8-15,21,28-29H,6-7,16-20,23-25H2,1-2H3,(H2,39,40)/b26-21+/t28-/m1/s1. The highest BCUT2D eigenvalue weighted by molar-refractivity contribution is 5.97. The van der Waals surface area contributed by atoms with Gasteiger partial charge in [-0.3, -0.25) is 23.7 Å². The minimum absolute atomic E-state index is 0.126. The van der Waals surface area contributed by atoms with E-state index in [1.54, 1.807) is 26.3 Å². The van der Waals surface area contributed by atoms with Gasteiger partial charge in [-0.05, 0) is 75.2 Å². The first-order valence-corrected chi connectivity index (χ1v) is 16.9. The second kappa shape index (κ2) is 13.5. The van der Waals surface area contributed by atoms with Gasteiger partial charge in [-0.25, -0.2) is 9.78 Å². The van der Waals surface area contributed by atoms with Crippen LogP contribution in [0.15, 0.2) is 83.3 Å². The Morgan fingerprint density at radius 3 is 2.39 bits per heavy atom. The maximum Gasteiger partial charge on any atom is 0.334 e. The monoisotopic (exact) mass is 662 g/mol. The van der Waals surface area contributed by atoms with Crippen molar-refractivity contribution in [3.63, 3.8) is 0 Å². The van der Waals surface area contributed by atoms with Crippen LogP contribution >= 0.6 is 0 Å². The summed E-state index contributed by atoms with van der Waals surface area (Å²) in [6.07, 6.45) is 4.80. The summed E-state index contributed by atoms with van der Waals surface area (Å²) in [5.74, 6) is 1.28. The van der Waals surface area contributed by atoms with E-state index in [-0.39, 0.29) is 29.0 Å². The number of hydrogen-bond donors (Lipinski definition) is 1. The summed E-state index contributed by atoms with van der Waals surface area (Å²) in [7, 11) is 0. The lowest BCUT2D eigenvalue weighted by Gasteiger charge is -2.46. The van der Waals surface area contributed by atoms with E-state index in [0.29, 0.717) is 60.2 Å². The molecule has 0 radical (unpaired) electrons. The van der Waals surface area contributed by atoms with Crippen LogP contribution in [0.3, 0.4) is 0 Å². The van der Waals surface area contributed by atoms with E-state index in [4.69, 9.17) is 15.2 Å². The van der Waals surface area contributed by atoms with Gasteiger partial charge in [0.2, 0.25) is 0 Å². The molecule has 2 N–H and O–H groups in total. The summed E-state index contributed by atoms with van der Waals surface area (Å²) in [6, 6.07) is 20.9. The molecular weight excluding hydrogens is 620 g/mol. The first-order valence-electron chi connectivity index (χ1n) is 16.9. The highest BCUT2D eigenvalue weighted by atomic mass is 16.5. The first-order chi connectivity index (χ1) is 23.7. The van der Waals surface area contributed by atoms with Crippen LogP contribution < -0.4 is 16.2 Å². The van der Waals surface area contributed by atoms with E-state index < -0.39 is 5.54 Å². The maximum atomic E-state index is 14.3. The number of pyridine rings is 1. The molecule has 12 nitrogen and oxygen atoms in total. The van der Waals surface area contributed by atoms with E-state index >= 15 is 0 Å². The molecular formula is C37H42N8O4. The zero-order valence-corrected chi connectivity index (χ0v) is 28.0. The molecule has 3 fully saturated rings. The van der Waals surface area contributed by atoms with Crippen molar-refractivity contribution in [2.24, 2.45) is 0 Å². The molecule has 0 aliphatic carbocycles. The minimum atomic E-state index is -0.477. The number of likely N-dealkylation sites (tertiary alicyclic amines) is 1.